The van der Waals surface area contributed by atoms with Crippen LogP contribution in [-0.4, -0.2) is 68.4 Å². The summed E-state index contributed by atoms with van der Waals surface area (Å²) in [6.45, 7) is 2.74. The first-order valence-corrected chi connectivity index (χ1v) is 11.8. The maximum atomic E-state index is 13.2. The molecule has 1 fully saturated rings. The molecule has 0 bridgehead atoms. The van der Waals surface area contributed by atoms with Crippen LogP contribution >= 0.6 is 0 Å². The molecule has 1 saturated heterocycles. The van der Waals surface area contributed by atoms with E-state index in [9.17, 15) is 8.42 Å². The standard InChI is InChI=1S/C21H29N5O3S/c1-22-21-18-14-26(30(27,28)17-8-6-16(29-3)7-9-17)12-10-19(18)23-20(24-21)15-5-4-11-25(2)13-15/h6-9,15H,4-5,10-14H2,1-3H3,(H,22,23,24)/t15-/m1/s1. The highest BCUT2D eigenvalue weighted by atomic mass is 32.2. The first-order valence-electron chi connectivity index (χ1n) is 10.3. The Kier molecular flexibility index (Phi) is 5.95. The largest absolute Gasteiger partial charge is 0.497 e. The summed E-state index contributed by atoms with van der Waals surface area (Å²) in [5.74, 6) is 2.56. The van der Waals surface area contributed by atoms with Crippen molar-refractivity contribution in [2.75, 3.05) is 46.2 Å². The van der Waals surface area contributed by atoms with E-state index in [4.69, 9.17) is 14.7 Å². The Hall–Kier alpha value is -2.23. The van der Waals surface area contributed by atoms with Crippen LogP contribution in [0.15, 0.2) is 29.2 Å². The van der Waals surface area contributed by atoms with Crippen molar-refractivity contribution in [1.29, 1.82) is 0 Å². The second-order valence-electron chi connectivity index (χ2n) is 7.97. The average Bonchev–Trinajstić information content (AvgIpc) is 2.78. The third kappa shape index (κ3) is 4.01. The number of nitrogens with one attached hydrogen (secondary N) is 1. The van der Waals surface area contributed by atoms with Gasteiger partial charge in [0.05, 0.1) is 17.7 Å². The minimum absolute atomic E-state index is 0.264. The van der Waals surface area contributed by atoms with Crippen molar-refractivity contribution in [1.82, 2.24) is 19.2 Å². The Morgan fingerprint density at radius 1 is 1.17 bits per heavy atom. The van der Waals surface area contributed by atoms with Gasteiger partial charge in [-0.15, -0.1) is 0 Å². The third-order valence-corrected chi connectivity index (χ3v) is 7.83. The van der Waals surface area contributed by atoms with E-state index in [0.717, 1.165) is 48.8 Å². The van der Waals surface area contributed by atoms with Crippen molar-refractivity contribution in [2.24, 2.45) is 0 Å². The van der Waals surface area contributed by atoms with Crippen molar-refractivity contribution >= 4 is 15.8 Å². The Morgan fingerprint density at radius 3 is 2.60 bits per heavy atom. The van der Waals surface area contributed by atoms with E-state index >= 15 is 0 Å². The van der Waals surface area contributed by atoms with Gasteiger partial charge in [-0.25, -0.2) is 18.4 Å². The van der Waals surface area contributed by atoms with Gasteiger partial charge in [0.1, 0.15) is 17.4 Å². The summed E-state index contributed by atoms with van der Waals surface area (Å²) in [5.41, 5.74) is 1.83. The maximum absolute atomic E-state index is 13.2. The number of fused-ring (bicyclic) bond motifs is 1. The molecule has 0 spiro atoms. The van der Waals surface area contributed by atoms with Crippen molar-refractivity contribution < 1.29 is 13.2 Å². The molecule has 1 atom stereocenters. The topological polar surface area (TPSA) is 87.7 Å². The number of piperidine rings is 1. The molecule has 4 rings (SSSR count). The summed E-state index contributed by atoms with van der Waals surface area (Å²) in [6, 6.07) is 6.50. The fourth-order valence-corrected chi connectivity index (χ4v) is 5.69. The molecule has 0 amide bonds. The molecule has 8 nitrogen and oxygen atoms in total. The van der Waals surface area contributed by atoms with Gasteiger partial charge in [0.15, 0.2) is 0 Å². The lowest BCUT2D eigenvalue weighted by Crippen LogP contribution is -2.37. The molecular formula is C21H29N5O3S. The van der Waals surface area contributed by atoms with Crippen LogP contribution in [0.5, 0.6) is 5.75 Å². The van der Waals surface area contributed by atoms with Gasteiger partial charge >= 0.3 is 0 Å². The Balaban J connectivity index is 1.61. The Labute approximate surface area is 178 Å². The molecule has 2 aliphatic rings. The molecule has 162 valence electrons. The van der Waals surface area contributed by atoms with Gasteiger partial charge < -0.3 is 15.0 Å². The first kappa shape index (κ1) is 21.0. The summed E-state index contributed by atoms with van der Waals surface area (Å²) in [4.78, 5) is 12.2. The first-order chi connectivity index (χ1) is 14.4. The lowest BCUT2D eigenvalue weighted by atomic mass is 9.97. The molecular weight excluding hydrogens is 402 g/mol. The number of benzene rings is 1. The lowest BCUT2D eigenvalue weighted by molar-refractivity contribution is 0.245. The molecule has 0 radical (unpaired) electrons. The number of likely N-dealkylation sites (N-methyl/N-ethyl adjacent to an activating group) is 1. The van der Waals surface area contributed by atoms with E-state index in [2.05, 4.69) is 17.3 Å². The molecule has 0 unspecified atom stereocenters. The number of hydrogen-bond donors (Lipinski definition) is 1. The molecule has 30 heavy (non-hydrogen) atoms. The van der Waals surface area contributed by atoms with Crippen LogP contribution in [0.25, 0.3) is 0 Å². The highest BCUT2D eigenvalue weighted by Gasteiger charge is 2.32. The van der Waals surface area contributed by atoms with Gasteiger partial charge in [0.2, 0.25) is 10.0 Å². The van der Waals surface area contributed by atoms with Crippen molar-refractivity contribution in [2.45, 2.75) is 36.6 Å². The van der Waals surface area contributed by atoms with Crippen molar-refractivity contribution in [3.05, 3.63) is 41.3 Å². The second kappa shape index (κ2) is 8.49. The fourth-order valence-electron chi connectivity index (χ4n) is 4.28. The second-order valence-corrected chi connectivity index (χ2v) is 9.91. The number of methoxy groups -OCH3 is 1. The minimum atomic E-state index is -3.60. The summed E-state index contributed by atoms with van der Waals surface area (Å²) < 4.78 is 33.0. The highest BCUT2D eigenvalue weighted by molar-refractivity contribution is 7.89. The van der Waals surface area contributed by atoms with E-state index in [1.54, 1.807) is 31.4 Å². The predicted molar refractivity (Wildman–Crippen MR) is 115 cm³/mol. The summed E-state index contributed by atoms with van der Waals surface area (Å²) in [6.07, 6.45) is 2.81. The zero-order chi connectivity index (χ0) is 21.3. The molecule has 1 aromatic heterocycles. The average molecular weight is 432 g/mol. The molecule has 2 aromatic rings. The fraction of sp³-hybridized carbons (Fsp3) is 0.524. The van der Waals surface area contributed by atoms with Crippen LogP contribution in [0.4, 0.5) is 5.82 Å². The number of aromatic nitrogens is 2. The van der Waals surface area contributed by atoms with Crippen LogP contribution in [0.3, 0.4) is 0 Å². The molecule has 3 heterocycles. The predicted octanol–water partition coefficient (Wildman–Crippen LogP) is 2.08. The number of hydrogen-bond acceptors (Lipinski definition) is 7. The van der Waals surface area contributed by atoms with E-state index in [1.807, 2.05) is 7.05 Å². The van der Waals surface area contributed by atoms with Crippen molar-refractivity contribution in [3.63, 3.8) is 0 Å². The van der Waals surface area contributed by atoms with Crippen LogP contribution < -0.4 is 10.1 Å². The van der Waals surface area contributed by atoms with E-state index in [1.165, 1.54) is 4.31 Å². The molecule has 0 aliphatic carbocycles. The monoisotopic (exact) mass is 431 g/mol. The third-order valence-electron chi connectivity index (χ3n) is 5.97. The Morgan fingerprint density at radius 2 is 1.93 bits per heavy atom. The summed E-state index contributed by atoms with van der Waals surface area (Å²) >= 11 is 0. The number of nitrogens with zero attached hydrogens (tertiary/aromatic N) is 4. The van der Waals surface area contributed by atoms with Crippen LogP contribution in [0.2, 0.25) is 0 Å². The molecule has 1 aromatic carbocycles. The SMILES string of the molecule is CNc1nc([C@@H]2CCCN(C)C2)nc2c1CN(S(=O)(=O)c1ccc(OC)cc1)CC2. The zero-order valence-electron chi connectivity index (χ0n) is 17.8. The van der Waals surface area contributed by atoms with Crippen molar-refractivity contribution in [3.8, 4) is 5.75 Å². The van der Waals surface area contributed by atoms with Gasteiger partial charge in [-0.05, 0) is 50.7 Å². The molecule has 2 aliphatic heterocycles. The number of ether oxygens (including phenoxy) is 1. The number of anilines is 1. The molecule has 9 heteroatoms. The van der Waals surface area contributed by atoms with E-state index in [-0.39, 0.29) is 11.4 Å². The highest BCUT2D eigenvalue weighted by Crippen LogP contribution is 2.31. The molecule has 1 N–H and O–H groups in total. The number of rotatable bonds is 5. The quantitative estimate of drug-likeness (QED) is 0.775. The molecule has 0 saturated carbocycles. The van der Waals surface area contributed by atoms with Gasteiger partial charge in [-0.1, -0.05) is 0 Å². The van der Waals surface area contributed by atoms with Gasteiger partial charge in [-0.3, -0.25) is 0 Å². The van der Waals surface area contributed by atoms with Crippen LogP contribution in [0, 0.1) is 0 Å². The number of sulfonamides is 1. The zero-order valence-corrected chi connectivity index (χ0v) is 18.6. The lowest BCUT2D eigenvalue weighted by Gasteiger charge is -2.31. The smallest absolute Gasteiger partial charge is 0.243 e. The number of likely N-dealkylation sites (tertiary alicyclic amines) is 1. The van der Waals surface area contributed by atoms with Gasteiger partial charge in [0, 0.05) is 44.6 Å². The maximum Gasteiger partial charge on any atom is 0.243 e. The van der Waals surface area contributed by atoms with Gasteiger partial charge in [-0.2, -0.15) is 4.31 Å². The summed E-state index contributed by atoms with van der Waals surface area (Å²) in [7, 11) is 1.91. The van der Waals surface area contributed by atoms with E-state index < -0.39 is 10.0 Å². The van der Waals surface area contributed by atoms with E-state index in [0.29, 0.717) is 24.6 Å². The van der Waals surface area contributed by atoms with Gasteiger partial charge in [0.25, 0.3) is 0 Å². The minimum Gasteiger partial charge on any atom is -0.497 e. The summed E-state index contributed by atoms with van der Waals surface area (Å²) in [5, 5.41) is 3.17. The normalized spacial score (nSPS) is 20.6. The Bertz CT molecular complexity index is 993. The van der Waals surface area contributed by atoms with Crippen LogP contribution in [0.1, 0.15) is 35.8 Å². The van der Waals surface area contributed by atoms with Crippen LogP contribution in [-0.2, 0) is 23.0 Å².